The molecule has 1 N–H and O–H groups in total. The number of benzene rings is 1. The largest absolute Gasteiger partial charge is 0.496 e. The molecule has 2 aromatic rings. The number of ether oxygens (including phenoxy) is 1. The third-order valence-corrected chi connectivity index (χ3v) is 4.62. The minimum atomic E-state index is -0.897. The molecule has 0 aliphatic carbocycles. The molecule has 0 unspecified atom stereocenters. The zero-order chi connectivity index (χ0) is 15.9. The summed E-state index contributed by atoms with van der Waals surface area (Å²) in [6.07, 6.45) is 3.29. The van der Waals surface area contributed by atoms with Gasteiger partial charge in [-0.1, -0.05) is 6.07 Å². The molecule has 1 aromatic carbocycles. The highest BCUT2D eigenvalue weighted by Gasteiger charge is 2.10. The van der Waals surface area contributed by atoms with E-state index in [4.69, 9.17) is 9.84 Å². The van der Waals surface area contributed by atoms with Crippen molar-refractivity contribution < 1.29 is 19.4 Å². The first kappa shape index (κ1) is 16.3. The van der Waals surface area contributed by atoms with E-state index in [1.54, 1.807) is 35.6 Å². The number of hydrogen-bond acceptors (Lipinski definition) is 5. The highest BCUT2D eigenvalue weighted by molar-refractivity contribution is 8.00. The van der Waals surface area contributed by atoms with Gasteiger partial charge in [-0.2, -0.15) is 0 Å². The first-order chi connectivity index (χ1) is 10.6. The number of rotatable bonds is 7. The van der Waals surface area contributed by atoms with E-state index in [9.17, 15) is 9.59 Å². The van der Waals surface area contributed by atoms with Crippen molar-refractivity contribution >= 4 is 40.9 Å². The number of allylic oxidation sites excluding steroid dienone is 1. The third kappa shape index (κ3) is 4.47. The van der Waals surface area contributed by atoms with E-state index in [1.165, 1.54) is 13.2 Å². The van der Waals surface area contributed by atoms with Crippen LogP contribution in [-0.2, 0) is 4.79 Å². The van der Waals surface area contributed by atoms with Gasteiger partial charge in [-0.3, -0.25) is 9.59 Å². The summed E-state index contributed by atoms with van der Waals surface area (Å²) in [6.45, 7) is 0. The molecule has 0 aliphatic rings. The van der Waals surface area contributed by atoms with E-state index in [0.29, 0.717) is 16.2 Å². The summed E-state index contributed by atoms with van der Waals surface area (Å²) in [5, 5.41) is 10.7. The average molecular weight is 334 g/mol. The molecule has 0 saturated carbocycles. The van der Waals surface area contributed by atoms with Gasteiger partial charge in [0.05, 0.1) is 12.9 Å². The first-order valence-electron chi connectivity index (χ1n) is 6.38. The maximum Gasteiger partial charge on any atom is 0.313 e. The first-order valence-corrected chi connectivity index (χ1v) is 8.25. The standard InChI is InChI=1S/C16H14O4S2/c1-20-14-9-11(4-7-15(14)22-10-16(18)19)13(17)6-5-12-3-2-8-21-12/h2-9H,10H2,1H3,(H,18,19). The maximum absolute atomic E-state index is 12.1. The molecule has 0 atom stereocenters. The number of carboxylic acids is 1. The number of hydrogen-bond donors (Lipinski definition) is 1. The van der Waals surface area contributed by atoms with Crippen molar-refractivity contribution in [2.75, 3.05) is 12.9 Å². The molecule has 0 aliphatic heterocycles. The number of methoxy groups -OCH3 is 1. The predicted octanol–water partition coefficient (Wildman–Crippen LogP) is 3.83. The molecule has 1 aromatic heterocycles. The van der Waals surface area contributed by atoms with E-state index in [1.807, 2.05) is 17.5 Å². The van der Waals surface area contributed by atoms with Crippen molar-refractivity contribution in [3.05, 3.63) is 52.2 Å². The van der Waals surface area contributed by atoms with Crippen LogP contribution in [0, 0.1) is 0 Å². The molecular formula is C16H14O4S2. The van der Waals surface area contributed by atoms with Gasteiger partial charge < -0.3 is 9.84 Å². The number of thioether (sulfide) groups is 1. The second kappa shape index (κ2) is 7.82. The SMILES string of the molecule is COc1cc(C(=O)C=Cc2cccs2)ccc1SCC(=O)O. The number of carbonyl (C=O) groups is 2. The normalized spacial score (nSPS) is 10.8. The Balaban J connectivity index is 2.14. The van der Waals surface area contributed by atoms with Crippen molar-refractivity contribution in [3.8, 4) is 5.75 Å². The Hall–Kier alpha value is -2.05. The average Bonchev–Trinajstić information content (AvgIpc) is 3.03. The minimum absolute atomic E-state index is 0.0536. The lowest BCUT2D eigenvalue weighted by molar-refractivity contribution is -0.133. The second-order valence-corrected chi connectivity index (χ2v) is 6.26. The van der Waals surface area contributed by atoms with Crippen molar-refractivity contribution in [3.63, 3.8) is 0 Å². The lowest BCUT2D eigenvalue weighted by atomic mass is 10.1. The van der Waals surface area contributed by atoms with Gasteiger partial charge in [0.25, 0.3) is 0 Å². The summed E-state index contributed by atoms with van der Waals surface area (Å²) in [5.41, 5.74) is 0.504. The molecule has 4 nitrogen and oxygen atoms in total. The van der Waals surface area contributed by atoms with E-state index in [0.717, 1.165) is 16.6 Å². The number of carboxylic acid groups (broad SMARTS) is 1. The molecule has 22 heavy (non-hydrogen) atoms. The van der Waals surface area contributed by atoms with Crippen molar-refractivity contribution in [1.29, 1.82) is 0 Å². The Kier molecular flexibility index (Phi) is 5.80. The van der Waals surface area contributed by atoms with Gasteiger partial charge in [-0.15, -0.1) is 23.1 Å². The van der Waals surface area contributed by atoms with E-state index >= 15 is 0 Å². The summed E-state index contributed by atoms with van der Waals surface area (Å²) < 4.78 is 5.23. The lowest BCUT2D eigenvalue weighted by Crippen LogP contribution is -2.00. The van der Waals surface area contributed by atoms with Gasteiger partial charge in [-0.25, -0.2) is 0 Å². The van der Waals surface area contributed by atoms with Gasteiger partial charge in [0.1, 0.15) is 5.75 Å². The van der Waals surface area contributed by atoms with Crippen LogP contribution in [0.1, 0.15) is 15.2 Å². The van der Waals surface area contributed by atoms with Crippen LogP contribution in [0.4, 0.5) is 0 Å². The summed E-state index contributed by atoms with van der Waals surface area (Å²) in [7, 11) is 1.50. The molecule has 1 heterocycles. The van der Waals surface area contributed by atoms with Crippen LogP contribution < -0.4 is 4.74 Å². The van der Waals surface area contributed by atoms with Crippen LogP contribution in [0.25, 0.3) is 6.08 Å². The van der Waals surface area contributed by atoms with Crippen LogP contribution in [-0.4, -0.2) is 29.7 Å². The van der Waals surface area contributed by atoms with Gasteiger partial charge in [0.2, 0.25) is 0 Å². The topological polar surface area (TPSA) is 63.6 Å². The molecule has 0 amide bonds. The van der Waals surface area contributed by atoms with Crippen LogP contribution in [0.15, 0.2) is 46.7 Å². The Labute approximate surface area is 136 Å². The maximum atomic E-state index is 12.1. The fourth-order valence-corrected chi connectivity index (χ4v) is 3.07. The third-order valence-electron chi connectivity index (χ3n) is 2.74. The minimum Gasteiger partial charge on any atom is -0.496 e. The number of thiophene rings is 1. The van der Waals surface area contributed by atoms with Crippen molar-refractivity contribution in [2.45, 2.75) is 4.90 Å². The van der Waals surface area contributed by atoms with Crippen LogP contribution in [0.2, 0.25) is 0 Å². The quantitative estimate of drug-likeness (QED) is 0.474. The molecule has 0 fully saturated rings. The number of ketones is 1. The Morgan fingerprint density at radius 3 is 2.82 bits per heavy atom. The fourth-order valence-electron chi connectivity index (χ4n) is 1.72. The Morgan fingerprint density at radius 2 is 2.18 bits per heavy atom. The highest BCUT2D eigenvalue weighted by Crippen LogP contribution is 2.30. The van der Waals surface area contributed by atoms with Crippen molar-refractivity contribution in [1.82, 2.24) is 0 Å². The van der Waals surface area contributed by atoms with Gasteiger partial charge >= 0.3 is 5.97 Å². The molecule has 6 heteroatoms. The predicted molar refractivity (Wildman–Crippen MR) is 89.0 cm³/mol. The molecule has 0 saturated heterocycles. The summed E-state index contributed by atoms with van der Waals surface area (Å²) in [6, 6.07) is 8.87. The molecule has 0 spiro atoms. The molecule has 2 rings (SSSR count). The molecule has 114 valence electrons. The van der Waals surface area contributed by atoms with Crippen LogP contribution >= 0.6 is 23.1 Å². The lowest BCUT2D eigenvalue weighted by Gasteiger charge is -2.08. The van der Waals surface area contributed by atoms with E-state index in [-0.39, 0.29) is 11.5 Å². The highest BCUT2D eigenvalue weighted by atomic mass is 32.2. The van der Waals surface area contributed by atoms with E-state index < -0.39 is 5.97 Å². The summed E-state index contributed by atoms with van der Waals surface area (Å²) in [5.74, 6) is -0.573. The smallest absolute Gasteiger partial charge is 0.313 e. The molecule has 0 bridgehead atoms. The van der Waals surface area contributed by atoms with Gasteiger partial charge in [0, 0.05) is 15.3 Å². The van der Waals surface area contributed by atoms with Gasteiger partial charge in [-0.05, 0) is 41.8 Å². The zero-order valence-corrected chi connectivity index (χ0v) is 13.4. The van der Waals surface area contributed by atoms with Crippen molar-refractivity contribution in [2.24, 2.45) is 0 Å². The number of aliphatic carboxylic acids is 1. The zero-order valence-electron chi connectivity index (χ0n) is 11.8. The second-order valence-electron chi connectivity index (χ2n) is 4.26. The van der Waals surface area contributed by atoms with Crippen LogP contribution in [0.5, 0.6) is 5.75 Å². The number of carbonyl (C=O) groups excluding carboxylic acids is 1. The summed E-state index contributed by atoms with van der Waals surface area (Å²) in [4.78, 5) is 24.5. The molecule has 0 radical (unpaired) electrons. The van der Waals surface area contributed by atoms with Crippen LogP contribution in [0.3, 0.4) is 0 Å². The summed E-state index contributed by atoms with van der Waals surface area (Å²) >= 11 is 2.72. The monoisotopic (exact) mass is 334 g/mol. The Morgan fingerprint density at radius 1 is 1.36 bits per heavy atom. The fraction of sp³-hybridized carbons (Fsp3) is 0.125. The Bertz CT molecular complexity index is 690. The van der Waals surface area contributed by atoms with E-state index in [2.05, 4.69) is 0 Å². The molecular weight excluding hydrogens is 320 g/mol. The van der Waals surface area contributed by atoms with Gasteiger partial charge in [0.15, 0.2) is 5.78 Å².